The molecule has 7 rings (SSSR count). The first-order valence-corrected chi connectivity index (χ1v) is 12.1. The molecule has 0 fully saturated rings. The van der Waals surface area contributed by atoms with Crippen molar-refractivity contribution < 1.29 is 4.42 Å². The van der Waals surface area contributed by atoms with Gasteiger partial charge in [0, 0.05) is 20.9 Å². The van der Waals surface area contributed by atoms with E-state index in [1.807, 2.05) is 36.4 Å². The number of hydrogen-bond donors (Lipinski definition) is 0. The fourth-order valence-corrected chi connectivity index (χ4v) is 5.83. The van der Waals surface area contributed by atoms with E-state index in [1.54, 1.807) is 0 Å². The molecular formula is C30H14N4OS. The highest BCUT2D eigenvalue weighted by Crippen LogP contribution is 2.38. The van der Waals surface area contributed by atoms with E-state index in [0.29, 0.717) is 10.2 Å². The summed E-state index contributed by atoms with van der Waals surface area (Å²) >= 11 is 1.47. The third-order valence-corrected chi connectivity index (χ3v) is 7.51. The minimum absolute atomic E-state index is 0.0147. The number of benzene rings is 4. The van der Waals surface area contributed by atoms with E-state index >= 15 is 0 Å². The second-order valence-electron chi connectivity index (χ2n) is 8.50. The first-order chi connectivity index (χ1) is 17.7. The molecule has 0 radical (unpaired) electrons. The van der Waals surface area contributed by atoms with Gasteiger partial charge in [-0.3, -0.25) is 0 Å². The minimum Gasteiger partial charge on any atom is -0.456 e. The molecule has 0 saturated heterocycles. The predicted molar refractivity (Wildman–Crippen MR) is 143 cm³/mol. The van der Waals surface area contributed by atoms with Crippen molar-refractivity contribution in [3.05, 3.63) is 96.4 Å². The Morgan fingerprint density at radius 2 is 1.36 bits per heavy atom. The summed E-state index contributed by atoms with van der Waals surface area (Å²) < 4.78 is 6.99. The molecule has 5 nitrogen and oxygen atoms in total. The molecule has 7 aromatic rings. The van der Waals surface area contributed by atoms with Gasteiger partial charge in [-0.2, -0.15) is 10.5 Å². The molecule has 0 amide bonds. The van der Waals surface area contributed by atoms with Crippen molar-refractivity contribution in [2.75, 3.05) is 0 Å². The number of nitrogens with zero attached hydrogens (tertiary/aromatic N) is 4. The van der Waals surface area contributed by atoms with Crippen molar-refractivity contribution in [1.29, 1.82) is 10.5 Å². The van der Waals surface area contributed by atoms with Crippen molar-refractivity contribution in [1.82, 2.24) is 9.97 Å². The van der Waals surface area contributed by atoms with Crippen LogP contribution in [0.3, 0.4) is 0 Å². The van der Waals surface area contributed by atoms with Crippen LogP contribution in [0.15, 0.2) is 89.3 Å². The molecule has 6 heteroatoms. The van der Waals surface area contributed by atoms with Crippen molar-refractivity contribution in [3.8, 4) is 34.4 Å². The van der Waals surface area contributed by atoms with Crippen LogP contribution in [0.4, 0.5) is 0 Å². The van der Waals surface area contributed by atoms with Crippen molar-refractivity contribution >= 4 is 53.6 Å². The largest absolute Gasteiger partial charge is 0.456 e. The van der Waals surface area contributed by atoms with Gasteiger partial charge in [-0.1, -0.05) is 48.5 Å². The van der Waals surface area contributed by atoms with Gasteiger partial charge in [-0.15, -0.1) is 11.3 Å². The van der Waals surface area contributed by atoms with E-state index < -0.39 is 0 Å². The number of rotatable bonds is 2. The lowest BCUT2D eigenvalue weighted by atomic mass is 9.97. The van der Waals surface area contributed by atoms with Crippen LogP contribution < -0.4 is 0 Å². The van der Waals surface area contributed by atoms with E-state index in [4.69, 9.17) is 4.42 Å². The van der Waals surface area contributed by atoms with Crippen molar-refractivity contribution in [3.63, 3.8) is 0 Å². The van der Waals surface area contributed by atoms with Gasteiger partial charge in [-0.25, -0.2) is 9.97 Å². The van der Waals surface area contributed by atoms with Gasteiger partial charge < -0.3 is 4.42 Å². The van der Waals surface area contributed by atoms with Gasteiger partial charge in [0.15, 0.2) is 5.69 Å². The van der Waals surface area contributed by atoms with Crippen LogP contribution in [0, 0.1) is 22.7 Å². The molecule has 0 atom stereocenters. The fraction of sp³-hybridized carbons (Fsp3) is 0. The van der Waals surface area contributed by atoms with Gasteiger partial charge in [0.25, 0.3) is 0 Å². The maximum absolute atomic E-state index is 9.66. The highest BCUT2D eigenvalue weighted by molar-refractivity contribution is 7.25. The van der Waals surface area contributed by atoms with Crippen molar-refractivity contribution in [2.45, 2.75) is 0 Å². The molecule has 0 spiro atoms. The number of aromatic nitrogens is 2. The number of hydrogen-bond acceptors (Lipinski definition) is 6. The molecule has 0 bridgehead atoms. The topological polar surface area (TPSA) is 86.5 Å². The summed E-state index contributed by atoms with van der Waals surface area (Å²) in [6, 6.07) is 33.1. The van der Waals surface area contributed by atoms with E-state index in [2.05, 4.69) is 70.6 Å². The van der Waals surface area contributed by atoms with E-state index in [-0.39, 0.29) is 11.5 Å². The van der Waals surface area contributed by atoms with Crippen molar-refractivity contribution in [2.24, 2.45) is 0 Å². The maximum atomic E-state index is 9.66. The SMILES string of the molecule is N#Cc1nc(C#N)c2c(n1)sc1ccc(-c3cccc(-c4ccc5oc6ccccc6c5c4)c3)cc12. The summed E-state index contributed by atoms with van der Waals surface area (Å²) in [6.45, 7) is 0. The molecule has 36 heavy (non-hydrogen) atoms. The average Bonchev–Trinajstić information content (AvgIpc) is 3.49. The van der Waals surface area contributed by atoms with Gasteiger partial charge >= 0.3 is 0 Å². The molecule has 3 aromatic heterocycles. The normalized spacial score (nSPS) is 11.3. The zero-order valence-electron chi connectivity index (χ0n) is 18.7. The van der Waals surface area contributed by atoms with Crippen LogP contribution in [0.2, 0.25) is 0 Å². The van der Waals surface area contributed by atoms with E-state index in [1.165, 1.54) is 11.3 Å². The molecule has 4 aromatic carbocycles. The Morgan fingerprint density at radius 3 is 2.17 bits per heavy atom. The Labute approximate surface area is 209 Å². The van der Waals surface area contributed by atoms with E-state index in [9.17, 15) is 10.5 Å². The lowest BCUT2D eigenvalue weighted by Gasteiger charge is -2.07. The summed E-state index contributed by atoms with van der Waals surface area (Å²) in [4.78, 5) is 9.10. The van der Waals surface area contributed by atoms with Gasteiger partial charge in [-0.05, 0) is 58.7 Å². The zero-order chi connectivity index (χ0) is 24.2. The monoisotopic (exact) mass is 478 g/mol. The third kappa shape index (κ3) is 3.06. The number of nitriles is 2. The Hall–Kier alpha value is -5.04. The molecule has 0 saturated carbocycles. The second-order valence-corrected chi connectivity index (χ2v) is 9.53. The van der Waals surface area contributed by atoms with Crippen LogP contribution in [-0.2, 0) is 0 Å². The Balaban J connectivity index is 1.37. The lowest BCUT2D eigenvalue weighted by Crippen LogP contribution is -1.92. The summed E-state index contributed by atoms with van der Waals surface area (Å²) in [5.74, 6) is 0.0147. The first-order valence-electron chi connectivity index (χ1n) is 11.3. The summed E-state index contributed by atoms with van der Waals surface area (Å²) in [6.07, 6.45) is 0. The highest BCUT2D eigenvalue weighted by atomic mass is 32.1. The van der Waals surface area contributed by atoms with Gasteiger partial charge in [0.2, 0.25) is 5.82 Å². The Bertz CT molecular complexity index is 2090. The number of thiophene rings is 1. The molecule has 0 aliphatic carbocycles. The molecule has 0 unspecified atom stereocenters. The molecule has 0 aliphatic rings. The zero-order valence-corrected chi connectivity index (χ0v) is 19.5. The Morgan fingerprint density at radius 1 is 0.639 bits per heavy atom. The highest BCUT2D eigenvalue weighted by Gasteiger charge is 2.15. The maximum Gasteiger partial charge on any atom is 0.234 e. The van der Waals surface area contributed by atoms with Crippen LogP contribution in [0.5, 0.6) is 0 Å². The summed E-state index contributed by atoms with van der Waals surface area (Å²) in [5.41, 5.74) is 6.32. The molecule has 166 valence electrons. The summed E-state index contributed by atoms with van der Waals surface area (Å²) in [5, 5.41) is 22.7. The lowest BCUT2D eigenvalue weighted by molar-refractivity contribution is 0.669. The number of para-hydroxylation sites is 1. The minimum atomic E-state index is 0.0147. The van der Waals surface area contributed by atoms with Gasteiger partial charge in [0.1, 0.15) is 28.1 Å². The molecule has 0 N–H and O–H groups in total. The predicted octanol–water partition coefficient (Wildman–Crippen LogP) is 7.82. The number of fused-ring (bicyclic) bond motifs is 6. The first kappa shape index (κ1) is 20.3. The molecule has 0 aliphatic heterocycles. The standard InChI is InChI=1S/C30H14N4OS/c31-15-24-29-23-14-20(9-11-27(23)36-30(29)34-28(16-32)33-24)18-5-3-4-17(12-18)19-8-10-26-22(13-19)21-6-1-2-7-25(21)35-26/h1-14H. The van der Waals surface area contributed by atoms with Gasteiger partial charge in [0.05, 0.1) is 5.39 Å². The quantitative estimate of drug-likeness (QED) is 0.253. The Kier molecular flexibility index (Phi) is 4.38. The number of furan rings is 1. The van der Waals surface area contributed by atoms with E-state index in [0.717, 1.165) is 54.3 Å². The molecule has 3 heterocycles. The average molecular weight is 479 g/mol. The van der Waals surface area contributed by atoms with Crippen LogP contribution >= 0.6 is 11.3 Å². The van der Waals surface area contributed by atoms with Crippen LogP contribution in [0.1, 0.15) is 11.5 Å². The third-order valence-electron chi connectivity index (χ3n) is 6.44. The second kappa shape index (κ2) is 7.74. The summed E-state index contributed by atoms with van der Waals surface area (Å²) in [7, 11) is 0. The van der Waals surface area contributed by atoms with Crippen LogP contribution in [-0.4, -0.2) is 9.97 Å². The van der Waals surface area contributed by atoms with Crippen LogP contribution in [0.25, 0.3) is 64.5 Å². The molecular weight excluding hydrogens is 464 g/mol. The fourth-order valence-electron chi connectivity index (χ4n) is 4.77. The smallest absolute Gasteiger partial charge is 0.234 e.